The Kier molecular flexibility index (Phi) is 9.75. The van der Waals surface area contributed by atoms with Gasteiger partial charge in [0.2, 0.25) is 0 Å². The molecule has 0 unspecified atom stereocenters. The van der Waals surface area contributed by atoms with E-state index in [0.717, 1.165) is 47.0 Å². The monoisotopic (exact) mass is 404 g/mol. The molecule has 0 aromatic rings. The number of rotatable bonds is 8. The zero-order valence-electron chi connectivity index (χ0n) is 8.84. The predicted molar refractivity (Wildman–Crippen MR) is 57.0 cm³/mol. The Hall–Kier alpha value is 1.48. The van der Waals surface area contributed by atoms with Crippen LogP contribution in [-0.4, -0.2) is 55.8 Å². The summed E-state index contributed by atoms with van der Waals surface area (Å²) in [4.78, 5) is 0. The van der Waals surface area contributed by atoms with Gasteiger partial charge < -0.3 is 0 Å². The third-order valence-corrected chi connectivity index (χ3v) is 16.6. The zero-order valence-corrected chi connectivity index (χ0v) is 15.0. The second kappa shape index (κ2) is 8.76. The first-order valence-electron chi connectivity index (χ1n) is 4.90. The van der Waals surface area contributed by atoms with Crippen molar-refractivity contribution in [2.45, 2.75) is 38.0 Å². The van der Waals surface area contributed by atoms with Gasteiger partial charge in [0, 0.05) is 0 Å². The molecule has 78 valence electrons. The van der Waals surface area contributed by atoms with E-state index in [1.807, 2.05) is 13.8 Å². The van der Waals surface area contributed by atoms with Gasteiger partial charge >= 0.3 is 101 Å². The predicted octanol–water partition coefficient (Wildman–Crippen LogP) is 1.63. The molecular weight excluding hydrogens is 382 g/mol. The van der Waals surface area contributed by atoms with Gasteiger partial charge in [-0.1, -0.05) is 0 Å². The molecule has 0 aliphatic carbocycles. The Bertz CT molecular complexity index is 116. The molecule has 3 nitrogen and oxygen atoms in total. The van der Waals surface area contributed by atoms with Crippen LogP contribution >= 0.6 is 0 Å². The molecule has 0 N–H and O–H groups in total. The van der Waals surface area contributed by atoms with Crippen LogP contribution in [0.5, 0.6) is 0 Å². The molecule has 0 bridgehead atoms. The molecule has 0 heterocycles. The Morgan fingerprint density at radius 3 is 1.92 bits per heavy atom. The van der Waals surface area contributed by atoms with Gasteiger partial charge in [-0.3, -0.25) is 0 Å². The molecule has 0 aromatic heterocycles. The van der Waals surface area contributed by atoms with E-state index < -0.39 is 19.6 Å². The molecular formula is C8H20O3Sn2. The fourth-order valence-corrected chi connectivity index (χ4v) is 12.5. The van der Waals surface area contributed by atoms with Crippen LogP contribution in [0.15, 0.2) is 0 Å². The second-order valence-corrected chi connectivity index (χ2v) is 14.9. The van der Waals surface area contributed by atoms with Crippen molar-refractivity contribution in [2.24, 2.45) is 0 Å². The summed E-state index contributed by atoms with van der Waals surface area (Å²) in [7, 11) is 0. The molecule has 0 amide bonds. The van der Waals surface area contributed by atoms with Crippen LogP contribution in [0.3, 0.4) is 0 Å². The van der Waals surface area contributed by atoms with Crippen molar-refractivity contribution in [3.63, 3.8) is 0 Å². The Morgan fingerprint density at radius 1 is 1.08 bits per heavy atom. The van der Waals surface area contributed by atoms with Crippen molar-refractivity contribution < 1.29 is 7.56 Å². The van der Waals surface area contributed by atoms with Crippen LogP contribution in [0.4, 0.5) is 0 Å². The van der Waals surface area contributed by atoms with Crippen molar-refractivity contribution in [3.8, 4) is 0 Å². The summed E-state index contributed by atoms with van der Waals surface area (Å²) in [6, 6.07) is 0. The Morgan fingerprint density at radius 2 is 1.62 bits per heavy atom. The summed E-state index contributed by atoms with van der Waals surface area (Å²) in [6.07, 6.45) is 2.35. The van der Waals surface area contributed by atoms with Crippen molar-refractivity contribution in [3.05, 3.63) is 0 Å². The standard InChI is InChI=1S/C4H9.2C2H5O.O.2Sn.H/c1-3-4-2;2*1-2-3;;;;/h1,3-4H2,2H3;2*2H2,1H3;;;;/q;2*-1;;;+2;. The summed E-state index contributed by atoms with van der Waals surface area (Å²) in [5, 5.41) is 0. The van der Waals surface area contributed by atoms with Crippen LogP contribution in [0, 0.1) is 0 Å². The molecule has 13 heavy (non-hydrogen) atoms. The Labute approximate surface area is 101 Å². The quantitative estimate of drug-likeness (QED) is 0.579. The SMILES string of the molecule is CCC[CH2][Sn]([O][SnH])([O]CC)[O]CC. The fraction of sp³-hybridized carbons (Fsp3) is 1.00. The van der Waals surface area contributed by atoms with E-state index in [0.29, 0.717) is 0 Å². The van der Waals surface area contributed by atoms with Crippen molar-refractivity contribution in [1.29, 1.82) is 0 Å². The molecule has 0 aromatic carbocycles. The molecule has 0 fully saturated rings. The van der Waals surface area contributed by atoms with Gasteiger partial charge in [0.25, 0.3) is 0 Å². The van der Waals surface area contributed by atoms with E-state index in [9.17, 15) is 0 Å². The van der Waals surface area contributed by atoms with Crippen LogP contribution in [-0.2, 0) is 7.56 Å². The van der Waals surface area contributed by atoms with E-state index in [-0.39, 0.29) is 0 Å². The number of hydrogen-bond donors (Lipinski definition) is 0. The van der Waals surface area contributed by atoms with Gasteiger partial charge in [0.15, 0.2) is 0 Å². The van der Waals surface area contributed by atoms with E-state index >= 15 is 0 Å². The zero-order chi connectivity index (χ0) is 10.2. The summed E-state index contributed by atoms with van der Waals surface area (Å²) in [5.74, 6) is 0. The first-order chi connectivity index (χ1) is 6.24. The van der Waals surface area contributed by atoms with Crippen molar-refractivity contribution >= 4 is 42.6 Å². The van der Waals surface area contributed by atoms with Gasteiger partial charge in [-0.15, -0.1) is 0 Å². The summed E-state index contributed by atoms with van der Waals surface area (Å²) in [5.41, 5.74) is 0. The molecule has 2 radical (unpaired) electrons. The summed E-state index contributed by atoms with van der Waals surface area (Å²) in [6.45, 7) is 7.65. The molecule has 0 saturated heterocycles. The molecule has 0 atom stereocenters. The molecule has 0 spiro atoms. The minimum atomic E-state index is -2.99. The molecule has 0 rings (SSSR count). The van der Waals surface area contributed by atoms with Crippen LogP contribution in [0.2, 0.25) is 4.44 Å². The van der Waals surface area contributed by atoms with Gasteiger partial charge in [-0.2, -0.15) is 0 Å². The van der Waals surface area contributed by atoms with Gasteiger partial charge in [-0.25, -0.2) is 0 Å². The molecule has 0 aliphatic rings. The number of unbranched alkanes of at least 4 members (excludes halogenated alkanes) is 1. The third kappa shape index (κ3) is 5.81. The summed E-state index contributed by atoms with van der Waals surface area (Å²) >= 11 is -2.20. The first kappa shape index (κ1) is 14.5. The minimum absolute atomic E-state index is 0.723. The molecule has 0 aliphatic heterocycles. The van der Waals surface area contributed by atoms with Gasteiger partial charge in [0.1, 0.15) is 0 Å². The van der Waals surface area contributed by atoms with E-state index in [1.54, 1.807) is 0 Å². The van der Waals surface area contributed by atoms with E-state index in [2.05, 4.69) is 6.92 Å². The van der Waals surface area contributed by atoms with E-state index in [4.69, 9.17) is 7.56 Å². The average molecular weight is 402 g/mol. The maximum absolute atomic E-state index is 5.72. The second-order valence-electron chi connectivity index (χ2n) is 2.77. The normalized spacial score (nSPS) is 12.0. The van der Waals surface area contributed by atoms with Gasteiger partial charge in [-0.05, 0) is 0 Å². The summed E-state index contributed by atoms with van der Waals surface area (Å²) < 4.78 is 18.1. The van der Waals surface area contributed by atoms with Crippen LogP contribution < -0.4 is 0 Å². The van der Waals surface area contributed by atoms with Crippen LogP contribution in [0.1, 0.15) is 33.6 Å². The average Bonchev–Trinajstić information content (AvgIpc) is 2.15. The maximum atomic E-state index is 5.72. The van der Waals surface area contributed by atoms with Crippen molar-refractivity contribution in [1.82, 2.24) is 0 Å². The van der Waals surface area contributed by atoms with Crippen LogP contribution in [0.25, 0.3) is 0 Å². The first-order valence-corrected chi connectivity index (χ1v) is 11.8. The third-order valence-electron chi connectivity index (χ3n) is 1.74. The molecule has 5 heteroatoms. The van der Waals surface area contributed by atoms with E-state index in [1.165, 1.54) is 6.42 Å². The fourth-order valence-electron chi connectivity index (χ4n) is 1.15. The number of hydrogen-bond acceptors (Lipinski definition) is 3. The Balaban J connectivity index is 4.07. The van der Waals surface area contributed by atoms with Gasteiger partial charge in [0.05, 0.1) is 0 Å². The topological polar surface area (TPSA) is 27.7 Å². The molecule has 0 saturated carbocycles. The van der Waals surface area contributed by atoms with Crippen molar-refractivity contribution in [2.75, 3.05) is 13.2 Å².